The van der Waals surface area contributed by atoms with Gasteiger partial charge in [0.05, 0.1) is 24.2 Å². The van der Waals surface area contributed by atoms with Crippen LogP contribution in [0, 0.1) is 0 Å². The Bertz CT molecular complexity index is 819. The standard InChI is InChI=1S/C18H26N8O/c1-24(2)18-21-14-5-8-26(16-10-20-9-15(19)22-16)11-13(14)17(23-18)25-6-3-12(27)4-7-25/h9-10,12,27H,3-8,11H2,1-2H3,(H2,19,22). The van der Waals surface area contributed by atoms with E-state index >= 15 is 0 Å². The van der Waals surface area contributed by atoms with Gasteiger partial charge in [0.15, 0.2) is 0 Å². The van der Waals surface area contributed by atoms with Gasteiger partial charge in [0.25, 0.3) is 0 Å². The van der Waals surface area contributed by atoms with Crippen LogP contribution in [0.2, 0.25) is 0 Å². The highest BCUT2D eigenvalue weighted by Gasteiger charge is 2.28. The highest BCUT2D eigenvalue weighted by molar-refractivity contribution is 5.57. The molecule has 0 aliphatic carbocycles. The van der Waals surface area contributed by atoms with Crippen molar-refractivity contribution in [1.29, 1.82) is 0 Å². The molecule has 1 fully saturated rings. The molecule has 2 aliphatic heterocycles. The van der Waals surface area contributed by atoms with E-state index in [1.165, 1.54) is 0 Å². The van der Waals surface area contributed by atoms with E-state index in [2.05, 4.69) is 19.8 Å². The minimum absolute atomic E-state index is 0.216. The molecule has 0 aromatic carbocycles. The largest absolute Gasteiger partial charge is 0.393 e. The lowest BCUT2D eigenvalue weighted by molar-refractivity contribution is 0.145. The highest BCUT2D eigenvalue weighted by Crippen LogP contribution is 2.31. The predicted molar refractivity (Wildman–Crippen MR) is 105 cm³/mol. The number of hydrogen-bond donors (Lipinski definition) is 2. The van der Waals surface area contributed by atoms with Crippen molar-refractivity contribution in [3.05, 3.63) is 23.7 Å². The average Bonchev–Trinajstić information content (AvgIpc) is 2.67. The topological polar surface area (TPSA) is 108 Å². The van der Waals surface area contributed by atoms with Gasteiger partial charge >= 0.3 is 0 Å². The van der Waals surface area contributed by atoms with Crippen molar-refractivity contribution in [2.24, 2.45) is 0 Å². The number of nitrogens with zero attached hydrogens (tertiary/aromatic N) is 7. The first-order valence-corrected chi connectivity index (χ1v) is 9.34. The summed E-state index contributed by atoms with van der Waals surface area (Å²) in [6.45, 7) is 3.09. The molecule has 0 unspecified atom stereocenters. The van der Waals surface area contributed by atoms with Crippen LogP contribution >= 0.6 is 0 Å². The zero-order valence-corrected chi connectivity index (χ0v) is 15.8. The first-order valence-electron chi connectivity index (χ1n) is 9.34. The summed E-state index contributed by atoms with van der Waals surface area (Å²) >= 11 is 0. The maximum Gasteiger partial charge on any atom is 0.227 e. The fourth-order valence-electron chi connectivity index (χ4n) is 3.64. The van der Waals surface area contributed by atoms with Gasteiger partial charge in [-0.15, -0.1) is 0 Å². The Morgan fingerprint density at radius 1 is 1.07 bits per heavy atom. The van der Waals surface area contributed by atoms with Gasteiger partial charge in [-0.3, -0.25) is 4.98 Å². The summed E-state index contributed by atoms with van der Waals surface area (Å²) in [5.74, 6) is 2.89. The third-order valence-corrected chi connectivity index (χ3v) is 5.16. The van der Waals surface area contributed by atoms with E-state index in [4.69, 9.17) is 15.7 Å². The zero-order valence-electron chi connectivity index (χ0n) is 15.8. The Hall–Kier alpha value is -2.68. The molecule has 2 aliphatic rings. The average molecular weight is 370 g/mol. The molecule has 9 nitrogen and oxygen atoms in total. The predicted octanol–water partition coefficient (Wildman–Crippen LogP) is 0.439. The van der Waals surface area contributed by atoms with E-state index < -0.39 is 0 Å². The fourth-order valence-corrected chi connectivity index (χ4v) is 3.64. The number of aromatic nitrogens is 4. The van der Waals surface area contributed by atoms with E-state index in [1.54, 1.807) is 12.4 Å². The summed E-state index contributed by atoms with van der Waals surface area (Å²) in [4.78, 5) is 24.6. The summed E-state index contributed by atoms with van der Waals surface area (Å²) < 4.78 is 0. The molecule has 0 bridgehead atoms. The van der Waals surface area contributed by atoms with Crippen LogP contribution in [0.3, 0.4) is 0 Å². The van der Waals surface area contributed by atoms with Gasteiger partial charge in [-0.05, 0) is 12.8 Å². The van der Waals surface area contributed by atoms with Crippen LogP contribution in [-0.2, 0) is 13.0 Å². The molecule has 1 saturated heterocycles. The summed E-state index contributed by atoms with van der Waals surface area (Å²) in [5.41, 5.74) is 8.03. The number of fused-ring (bicyclic) bond motifs is 1. The number of aliphatic hydroxyl groups is 1. The Morgan fingerprint density at radius 2 is 1.85 bits per heavy atom. The van der Waals surface area contributed by atoms with E-state index in [0.29, 0.717) is 12.4 Å². The van der Waals surface area contributed by atoms with Gasteiger partial charge in [-0.1, -0.05) is 0 Å². The SMILES string of the molecule is CN(C)c1nc2c(c(N3CCC(O)CC3)n1)CN(c1cncc(N)n1)CC2. The maximum atomic E-state index is 9.87. The number of nitrogens with two attached hydrogens (primary N) is 1. The summed E-state index contributed by atoms with van der Waals surface area (Å²) in [6, 6.07) is 0. The lowest BCUT2D eigenvalue weighted by Gasteiger charge is -2.36. The van der Waals surface area contributed by atoms with Crippen LogP contribution < -0.4 is 20.4 Å². The van der Waals surface area contributed by atoms with E-state index in [9.17, 15) is 5.11 Å². The highest BCUT2D eigenvalue weighted by atomic mass is 16.3. The molecule has 0 saturated carbocycles. The third kappa shape index (κ3) is 3.59. The number of hydrogen-bond acceptors (Lipinski definition) is 9. The normalized spacial score (nSPS) is 17.7. The van der Waals surface area contributed by atoms with E-state index in [-0.39, 0.29) is 6.10 Å². The Kier molecular flexibility index (Phi) is 4.69. The van der Waals surface area contributed by atoms with Crippen LogP contribution in [0.15, 0.2) is 12.4 Å². The number of nitrogen functional groups attached to an aromatic ring is 1. The fraction of sp³-hybridized carbons (Fsp3) is 0.556. The van der Waals surface area contributed by atoms with Gasteiger partial charge in [-0.2, -0.15) is 4.98 Å². The number of aliphatic hydroxyl groups excluding tert-OH is 1. The van der Waals surface area contributed by atoms with Crippen molar-refractivity contribution in [3.63, 3.8) is 0 Å². The molecular weight excluding hydrogens is 344 g/mol. The zero-order chi connectivity index (χ0) is 19.0. The van der Waals surface area contributed by atoms with E-state index in [1.807, 2.05) is 19.0 Å². The van der Waals surface area contributed by atoms with Crippen LogP contribution in [-0.4, -0.2) is 64.9 Å². The van der Waals surface area contributed by atoms with Gasteiger partial charge in [-0.25, -0.2) is 9.97 Å². The molecule has 0 atom stereocenters. The lowest BCUT2D eigenvalue weighted by atomic mass is 10.0. The molecule has 4 heterocycles. The summed E-state index contributed by atoms with van der Waals surface area (Å²) in [5, 5.41) is 9.87. The summed E-state index contributed by atoms with van der Waals surface area (Å²) in [7, 11) is 3.92. The first kappa shape index (κ1) is 17.7. The van der Waals surface area contributed by atoms with Crippen LogP contribution in [0.4, 0.5) is 23.4 Å². The van der Waals surface area contributed by atoms with Gasteiger partial charge in [0, 0.05) is 52.3 Å². The smallest absolute Gasteiger partial charge is 0.227 e. The minimum Gasteiger partial charge on any atom is -0.393 e. The number of rotatable bonds is 3. The van der Waals surface area contributed by atoms with Gasteiger partial charge < -0.3 is 25.5 Å². The van der Waals surface area contributed by atoms with Crippen LogP contribution in [0.1, 0.15) is 24.1 Å². The Balaban J connectivity index is 1.70. The van der Waals surface area contributed by atoms with Crippen molar-refractivity contribution in [2.45, 2.75) is 31.9 Å². The Labute approximate surface area is 158 Å². The molecule has 144 valence electrons. The van der Waals surface area contributed by atoms with Crippen molar-refractivity contribution in [3.8, 4) is 0 Å². The second-order valence-corrected chi connectivity index (χ2v) is 7.36. The molecule has 0 spiro atoms. The van der Waals surface area contributed by atoms with Gasteiger partial charge in [0.2, 0.25) is 5.95 Å². The molecule has 9 heteroatoms. The van der Waals surface area contributed by atoms with Crippen LogP contribution in [0.25, 0.3) is 0 Å². The number of piperidine rings is 1. The van der Waals surface area contributed by atoms with Crippen molar-refractivity contribution in [2.75, 3.05) is 54.2 Å². The molecule has 0 amide bonds. The molecule has 0 radical (unpaired) electrons. The molecule has 2 aromatic heterocycles. The molecular formula is C18H26N8O. The third-order valence-electron chi connectivity index (χ3n) is 5.16. The van der Waals surface area contributed by atoms with Gasteiger partial charge in [0.1, 0.15) is 17.5 Å². The maximum absolute atomic E-state index is 9.87. The van der Waals surface area contributed by atoms with Crippen molar-refractivity contribution >= 4 is 23.4 Å². The molecule has 4 rings (SSSR count). The lowest BCUT2D eigenvalue weighted by Crippen LogP contribution is -2.40. The van der Waals surface area contributed by atoms with Crippen LogP contribution in [0.5, 0.6) is 0 Å². The van der Waals surface area contributed by atoms with Crippen molar-refractivity contribution < 1.29 is 5.11 Å². The second kappa shape index (κ2) is 7.15. The minimum atomic E-state index is -0.216. The Morgan fingerprint density at radius 3 is 2.56 bits per heavy atom. The molecule has 3 N–H and O–H groups in total. The number of anilines is 4. The monoisotopic (exact) mass is 370 g/mol. The quantitative estimate of drug-likeness (QED) is 0.795. The van der Waals surface area contributed by atoms with Crippen molar-refractivity contribution in [1.82, 2.24) is 19.9 Å². The summed E-state index contributed by atoms with van der Waals surface area (Å²) in [6.07, 6.45) is 5.43. The van der Waals surface area contributed by atoms with E-state index in [0.717, 1.165) is 67.7 Å². The molecule has 2 aromatic rings. The molecule has 27 heavy (non-hydrogen) atoms. The first-order chi connectivity index (χ1) is 13.0. The second-order valence-electron chi connectivity index (χ2n) is 7.36.